The molecule has 0 unspecified atom stereocenters. The van der Waals surface area contributed by atoms with Crippen LogP contribution in [0.3, 0.4) is 0 Å². The van der Waals surface area contributed by atoms with E-state index in [1.54, 1.807) is 12.3 Å². The Bertz CT molecular complexity index is 1450. The molecular formula is C26H27BrN4O3. The van der Waals surface area contributed by atoms with Crippen LogP contribution in [-0.2, 0) is 16.1 Å². The van der Waals surface area contributed by atoms with Crippen molar-refractivity contribution in [3.63, 3.8) is 0 Å². The summed E-state index contributed by atoms with van der Waals surface area (Å²) >= 11 is 3.44. The molecule has 0 saturated heterocycles. The molecule has 2 aromatic heterocycles. The van der Waals surface area contributed by atoms with Gasteiger partial charge in [0.2, 0.25) is 0 Å². The summed E-state index contributed by atoms with van der Waals surface area (Å²) < 4.78 is 9.35. The smallest absolute Gasteiger partial charge is 0.326 e. The molecule has 1 atom stereocenters. The second-order valence-corrected chi connectivity index (χ2v) is 9.49. The molecule has 4 rings (SSSR count). The highest BCUT2D eigenvalue weighted by atomic mass is 79.9. The average molecular weight is 523 g/mol. The van der Waals surface area contributed by atoms with Gasteiger partial charge in [0, 0.05) is 33.1 Å². The van der Waals surface area contributed by atoms with Gasteiger partial charge in [-0.2, -0.15) is 9.78 Å². The Kier molecular flexibility index (Phi) is 6.97. The van der Waals surface area contributed by atoms with Crippen LogP contribution in [0.15, 0.2) is 63.0 Å². The number of ether oxygens (including phenoxy) is 1. The molecule has 0 aliphatic carbocycles. The fourth-order valence-electron chi connectivity index (χ4n) is 3.85. The van der Waals surface area contributed by atoms with Crippen molar-refractivity contribution in [2.75, 3.05) is 0 Å². The molecule has 0 aliphatic rings. The largest absolute Gasteiger partial charge is 0.462 e. The number of halogens is 1. The predicted octanol–water partition coefficient (Wildman–Crippen LogP) is 5.46. The lowest BCUT2D eigenvalue weighted by Crippen LogP contribution is -2.23. The van der Waals surface area contributed by atoms with Crippen LogP contribution in [0.5, 0.6) is 0 Å². The molecule has 0 bridgehead atoms. The maximum atomic E-state index is 13.4. The zero-order chi connectivity index (χ0) is 24.4. The van der Waals surface area contributed by atoms with Crippen LogP contribution in [0.1, 0.15) is 51.4 Å². The maximum Gasteiger partial charge on any atom is 0.326 e. The second-order valence-electron chi connectivity index (χ2n) is 8.57. The van der Waals surface area contributed by atoms with Crippen molar-refractivity contribution < 1.29 is 9.53 Å². The van der Waals surface area contributed by atoms with Gasteiger partial charge >= 0.3 is 5.97 Å². The van der Waals surface area contributed by atoms with Crippen LogP contribution in [-0.4, -0.2) is 32.5 Å². The van der Waals surface area contributed by atoms with Gasteiger partial charge in [0.05, 0.1) is 23.2 Å². The maximum absolute atomic E-state index is 13.4. The van der Waals surface area contributed by atoms with E-state index in [1.165, 1.54) is 4.68 Å². The van der Waals surface area contributed by atoms with Crippen LogP contribution in [0.25, 0.3) is 21.8 Å². The number of esters is 1. The summed E-state index contributed by atoms with van der Waals surface area (Å²) in [5.74, 6) is 0.353. The highest BCUT2D eigenvalue weighted by Gasteiger charge is 2.16. The molecule has 2 heterocycles. The Morgan fingerprint density at radius 3 is 2.68 bits per heavy atom. The van der Waals surface area contributed by atoms with Gasteiger partial charge in [0.1, 0.15) is 12.4 Å². The molecule has 0 spiro atoms. The molecule has 0 aliphatic heterocycles. The Morgan fingerprint density at radius 2 is 1.94 bits per heavy atom. The van der Waals surface area contributed by atoms with Crippen molar-refractivity contribution in [1.82, 2.24) is 14.2 Å². The number of aromatic nitrogens is 3. The summed E-state index contributed by atoms with van der Waals surface area (Å²) in [6, 6.07) is 13.2. The first-order valence-electron chi connectivity index (χ1n) is 11.3. The van der Waals surface area contributed by atoms with E-state index in [1.807, 2.05) is 67.9 Å². The number of hydrogen-bond donors (Lipinski definition) is 0. The first-order valence-corrected chi connectivity index (χ1v) is 12.1. The number of rotatable bonds is 7. The Hall–Kier alpha value is -3.26. The first-order chi connectivity index (χ1) is 16.3. The number of fused-ring (bicyclic) bond motifs is 2. The highest BCUT2D eigenvalue weighted by Crippen LogP contribution is 2.22. The second kappa shape index (κ2) is 9.93. The van der Waals surface area contributed by atoms with Crippen molar-refractivity contribution >= 4 is 49.9 Å². The third kappa shape index (κ3) is 4.82. The SMILES string of the molecule is CC[C@@H](C)c1nc2ccc(Br)cc2c(=O)n1N=Cc1cn(CC(=O)OC(C)C)c2ccccc12. The highest BCUT2D eigenvalue weighted by molar-refractivity contribution is 9.10. The van der Waals surface area contributed by atoms with Gasteiger partial charge in [-0.15, -0.1) is 0 Å². The van der Waals surface area contributed by atoms with Crippen LogP contribution < -0.4 is 5.56 Å². The van der Waals surface area contributed by atoms with E-state index in [0.717, 1.165) is 27.4 Å². The standard InChI is InChI=1S/C26H27BrN4O3/c1-5-17(4)25-29-22-11-10-19(27)12-21(22)26(33)31(25)28-13-18-14-30(15-24(32)34-16(2)3)23-9-7-6-8-20(18)23/h6-14,16-17H,5,15H2,1-4H3/t17-/m1/s1. The average Bonchev–Trinajstić information content (AvgIpc) is 3.15. The Labute approximate surface area is 206 Å². The first kappa shape index (κ1) is 23.9. The van der Waals surface area contributed by atoms with Crippen LogP contribution in [0.4, 0.5) is 0 Å². The molecule has 0 radical (unpaired) electrons. The van der Waals surface area contributed by atoms with Gasteiger partial charge in [0.15, 0.2) is 0 Å². The molecule has 34 heavy (non-hydrogen) atoms. The number of benzene rings is 2. The molecule has 0 saturated carbocycles. The molecule has 7 nitrogen and oxygen atoms in total. The van der Waals surface area contributed by atoms with Crippen LogP contribution >= 0.6 is 15.9 Å². The lowest BCUT2D eigenvalue weighted by atomic mass is 10.1. The van der Waals surface area contributed by atoms with E-state index in [9.17, 15) is 9.59 Å². The molecule has 0 fully saturated rings. The van der Waals surface area contributed by atoms with Crippen molar-refractivity contribution in [3.05, 3.63) is 74.9 Å². The fraction of sp³-hybridized carbons (Fsp3) is 0.308. The van der Waals surface area contributed by atoms with E-state index < -0.39 is 0 Å². The van der Waals surface area contributed by atoms with Gasteiger partial charge < -0.3 is 9.30 Å². The van der Waals surface area contributed by atoms with E-state index in [0.29, 0.717) is 16.7 Å². The number of para-hydroxylation sites is 1. The predicted molar refractivity (Wildman–Crippen MR) is 139 cm³/mol. The molecule has 8 heteroatoms. The van der Waals surface area contributed by atoms with E-state index in [4.69, 9.17) is 9.72 Å². The van der Waals surface area contributed by atoms with Gasteiger partial charge in [0.25, 0.3) is 5.56 Å². The lowest BCUT2D eigenvalue weighted by molar-refractivity contribution is -0.148. The monoisotopic (exact) mass is 522 g/mol. The lowest BCUT2D eigenvalue weighted by Gasteiger charge is -2.13. The van der Waals surface area contributed by atoms with E-state index in [2.05, 4.69) is 28.0 Å². The molecule has 2 aromatic carbocycles. The fourth-order valence-corrected chi connectivity index (χ4v) is 4.21. The zero-order valence-electron chi connectivity index (χ0n) is 19.7. The van der Waals surface area contributed by atoms with Crippen molar-refractivity contribution in [3.8, 4) is 0 Å². The topological polar surface area (TPSA) is 78.5 Å². The quantitative estimate of drug-likeness (QED) is 0.238. The summed E-state index contributed by atoms with van der Waals surface area (Å²) in [6.45, 7) is 7.83. The number of carbonyl (C=O) groups is 1. The summed E-state index contributed by atoms with van der Waals surface area (Å²) in [6.07, 6.45) is 4.16. The zero-order valence-corrected chi connectivity index (χ0v) is 21.2. The van der Waals surface area contributed by atoms with Crippen molar-refractivity contribution in [1.29, 1.82) is 0 Å². The summed E-state index contributed by atoms with van der Waals surface area (Å²) in [5.41, 5.74) is 2.11. The number of hydrogen-bond acceptors (Lipinski definition) is 5. The van der Waals surface area contributed by atoms with Gasteiger partial charge in [-0.3, -0.25) is 9.59 Å². The van der Waals surface area contributed by atoms with Gasteiger partial charge in [-0.05, 0) is 44.5 Å². The van der Waals surface area contributed by atoms with Crippen LogP contribution in [0, 0.1) is 0 Å². The van der Waals surface area contributed by atoms with E-state index >= 15 is 0 Å². The number of nitrogens with zero attached hydrogens (tertiary/aromatic N) is 4. The van der Waals surface area contributed by atoms with Crippen molar-refractivity contribution in [2.24, 2.45) is 5.10 Å². The summed E-state index contributed by atoms with van der Waals surface area (Å²) in [4.78, 5) is 30.4. The summed E-state index contributed by atoms with van der Waals surface area (Å²) in [5, 5.41) is 6.01. The van der Waals surface area contributed by atoms with E-state index in [-0.39, 0.29) is 30.1 Å². The third-order valence-corrected chi connectivity index (χ3v) is 6.18. The van der Waals surface area contributed by atoms with Gasteiger partial charge in [-0.25, -0.2) is 4.98 Å². The minimum Gasteiger partial charge on any atom is -0.462 e. The third-order valence-electron chi connectivity index (χ3n) is 5.68. The molecule has 176 valence electrons. The van der Waals surface area contributed by atoms with Crippen LogP contribution in [0.2, 0.25) is 0 Å². The van der Waals surface area contributed by atoms with Gasteiger partial charge in [-0.1, -0.05) is 48.0 Å². The molecule has 4 aromatic rings. The summed E-state index contributed by atoms with van der Waals surface area (Å²) in [7, 11) is 0. The number of carbonyl (C=O) groups excluding carboxylic acids is 1. The molecule has 0 N–H and O–H groups in total. The normalized spacial score (nSPS) is 12.8. The van der Waals surface area contributed by atoms with Crippen molar-refractivity contribution in [2.45, 2.75) is 52.7 Å². The Balaban J connectivity index is 1.81. The Morgan fingerprint density at radius 1 is 1.18 bits per heavy atom. The minimum absolute atomic E-state index is 0.0463. The minimum atomic E-state index is -0.307. The molecule has 0 amide bonds. The molecular weight excluding hydrogens is 496 g/mol.